The van der Waals surface area contributed by atoms with Crippen molar-refractivity contribution in [2.75, 3.05) is 0 Å². The van der Waals surface area contributed by atoms with Crippen LogP contribution in [-0.2, 0) is 26.4 Å². The van der Waals surface area contributed by atoms with E-state index < -0.39 is 35.3 Å². The SMILES string of the molecule is CC(C)CCCC(C)C1CCC2C3CCC4C(C)(CCC(c5ccc(OOCc6ccc7c(c6)C(=O)OC7=O)cc5)(c5ccc(OC(=O)c6ccc7c(c6)C(=O)OC7=O)cc5)C4(C)C)C3CCC12C. The first kappa shape index (κ1) is 47.1. The molecule has 9 unspecified atom stereocenters. The van der Waals surface area contributed by atoms with Gasteiger partial charge in [-0.25, -0.2) is 24.0 Å². The Hall–Kier alpha value is -5.61. The van der Waals surface area contributed by atoms with E-state index in [0.29, 0.717) is 34.3 Å². The number of hydrogen-bond acceptors (Lipinski definition) is 10. The third kappa shape index (κ3) is 7.84. The van der Waals surface area contributed by atoms with Gasteiger partial charge in [0.1, 0.15) is 12.4 Å². The Kier molecular flexibility index (Phi) is 12.1. The highest BCUT2D eigenvalue weighted by molar-refractivity contribution is 6.16. The molecular formula is C59H66O10. The van der Waals surface area contributed by atoms with Gasteiger partial charge in [0.15, 0.2) is 5.75 Å². The molecular weight excluding hydrogens is 869 g/mol. The highest BCUT2D eigenvalue weighted by Gasteiger charge is 2.66. The lowest BCUT2D eigenvalue weighted by atomic mass is 9.36. The zero-order chi connectivity index (χ0) is 48.6. The van der Waals surface area contributed by atoms with E-state index in [1.807, 2.05) is 24.3 Å². The fourth-order valence-corrected chi connectivity index (χ4v) is 15.7. The van der Waals surface area contributed by atoms with Crippen LogP contribution >= 0.6 is 0 Å². The molecule has 4 fully saturated rings. The third-order valence-electron chi connectivity index (χ3n) is 19.0. The first-order chi connectivity index (χ1) is 32.9. The van der Waals surface area contributed by atoms with Crippen LogP contribution in [0.2, 0.25) is 0 Å². The summed E-state index contributed by atoms with van der Waals surface area (Å²) in [4.78, 5) is 73.3. The van der Waals surface area contributed by atoms with Gasteiger partial charge in [-0.15, -0.1) is 0 Å². The van der Waals surface area contributed by atoms with Gasteiger partial charge in [-0.1, -0.05) is 98.1 Å². The van der Waals surface area contributed by atoms with E-state index in [9.17, 15) is 24.0 Å². The van der Waals surface area contributed by atoms with Crippen LogP contribution in [0, 0.1) is 57.7 Å². The van der Waals surface area contributed by atoms with Crippen molar-refractivity contribution in [3.8, 4) is 11.5 Å². The molecule has 10 rings (SSSR count). The molecule has 4 aromatic carbocycles. The van der Waals surface area contributed by atoms with Crippen LogP contribution < -0.4 is 9.62 Å². The predicted octanol–water partition coefficient (Wildman–Crippen LogP) is 13.1. The predicted molar refractivity (Wildman–Crippen MR) is 259 cm³/mol. The molecule has 2 heterocycles. The monoisotopic (exact) mass is 934 g/mol. The van der Waals surface area contributed by atoms with Crippen LogP contribution in [0.15, 0.2) is 84.9 Å². The summed E-state index contributed by atoms with van der Waals surface area (Å²) in [5.41, 5.74) is 3.79. The second kappa shape index (κ2) is 17.7. The van der Waals surface area contributed by atoms with Gasteiger partial charge in [0.25, 0.3) is 0 Å². The van der Waals surface area contributed by atoms with Crippen molar-refractivity contribution in [2.24, 2.45) is 57.7 Å². The minimum absolute atomic E-state index is 0.0538. The molecule has 0 bridgehead atoms. The summed E-state index contributed by atoms with van der Waals surface area (Å²) in [6.45, 7) is 17.7. The van der Waals surface area contributed by atoms with Crippen molar-refractivity contribution in [1.82, 2.24) is 0 Å². The van der Waals surface area contributed by atoms with Gasteiger partial charge in [-0.2, -0.15) is 4.89 Å². The molecule has 9 atom stereocenters. The van der Waals surface area contributed by atoms with Gasteiger partial charge in [-0.05, 0) is 180 Å². The number of benzene rings is 4. The number of rotatable bonds is 13. The van der Waals surface area contributed by atoms with E-state index in [1.54, 1.807) is 18.2 Å². The van der Waals surface area contributed by atoms with Crippen molar-refractivity contribution >= 4 is 29.8 Å². The minimum atomic E-state index is -0.776. The molecule has 2 aliphatic heterocycles. The molecule has 10 heteroatoms. The van der Waals surface area contributed by atoms with Crippen LogP contribution in [0.1, 0.15) is 188 Å². The number of cyclic esters (lactones) is 4. The van der Waals surface area contributed by atoms with E-state index in [-0.39, 0.29) is 45.3 Å². The quantitative estimate of drug-likeness (QED) is 0.0420. The number of carbonyl (C=O) groups excluding carboxylic acids is 5. The van der Waals surface area contributed by atoms with Crippen LogP contribution in [0.25, 0.3) is 0 Å². The maximum Gasteiger partial charge on any atom is 0.346 e. The second-order valence-corrected chi connectivity index (χ2v) is 22.9. The van der Waals surface area contributed by atoms with Crippen molar-refractivity contribution in [3.63, 3.8) is 0 Å². The van der Waals surface area contributed by atoms with E-state index >= 15 is 0 Å². The molecule has 0 aromatic heterocycles. The first-order valence-electron chi connectivity index (χ1n) is 25.5. The summed E-state index contributed by atoms with van der Waals surface area (Å²) < 4.78 is 15.4. The van der Waals surface area contributed by atoms with Crippen molar-refractivity contribution < 1.29 is 48.0 Å². The van der Waals surface area contributed by atoms with Crippen LogP contribution in [-0.4, -0.2) is 29.8 Å². The summed E-state index contributed by atoms with van der Waals surface area (Å²) in [5.74, 6) is 2.52. The fraction of sp³-hybridized carbons (Fsp3) is 0.508. The summed E-state index contributed by atoms with van der Waals surface area (Å²) >= 11 is 0. The first-order valence-corrected chi connectivity index (χ1v) is 25.5. The Labute approximate surface area is 406 Å². The lowest BCUT2D eigenvalue weighted by Gasteiger charge is -2.68. The highest BCUT2D eigenvalue weighted by Crippen LogP contribution is 2.73. The molecule has 0 amide bonds. The molecule has 0 saturated heterocycles. The lowest BCUT2D eigenvalue weighted by molar-refractivity contribution is -0.217. The molecule has 4 saturated carbocycles. The minimum Gasteiger partial charge on any atom is -0.423 e. The third-order valence-corrected chi connectivity index (χ3v) is 19.0. The van der Waals surface area contributed by atoms with E-state index in [2.05, 4.69) is 72.7 Å². The van der Waals surface area contributed by atoms with Gasteiger partial charge in [0.2, 0.25) is 0 Å². The summed E-state index contributed by atoms with van der Waals surface area (Å²) in [6, 6.07) is 25.3. The Morgan fingerprint density at radius 1 is 0.623 bits per heavy atom. The smallest absolute Gasteiger partial charge is 0.346 e. The number of ether oxygens (including phenoxy) is 3. The summed E-state index contributed by atoms with van der Waals surface area (Å²) in [5, 5.41) is 0. The molecule has 4 aromatic rings. The van der Waals surface area contributed by atoms with Gasteiger partial charge in [0, 0.05) is 5.41 Å². The Bertz CT molecular complexity index is 2700. The van der Waals surface area contributed by atoms with E-state index in [4.69, 9.17) is 24.0 Å². The molecule has 0 radical (unpaired) electrons. The average molecular weight is 935 g/mol. The van der Waals surface area contributed by atoms with Crippen molar-refractivity contribution in [1.29, 1.82) is 0 Å². The maximum absolute atomic E-state index is 13.4. The number of carbonyl (C=O) groups is 5. The van der Waals surface area contributed by atoms with Crippen LogP contribution in [0.5, 0.6) is 11.5 Å². The topological polar surface area (TPSA) is 132 Å². The molecule has 6 aliphatic rings. The normalized spacial score (nSPS) is 30.1. The molecule has 4 aliphatic carbocycles. The summed E-state index contributed by atoms with van der Waals surface area (Å²) in [7, 11) is 0. The van der Waals surface area contributed by atoms with Gasteiger partial charge in [-0.3, -0.25) is 0 Å². The molecule has 362 valence electrons. The van der Waals surface area contributed by atoms with Crippen molar-refractivity contribution in [3.05, 3.63) is 129 Å². The summed E-state index contributed by atoms with van der Waals surface area (Å²) in [6.07, 6.45) is 13.9. The van der Waals surface area contributed by atoms with E-state index in [0.717, 1.165) is 48.0 Å². The zero-order valence-corrected chi connectivity index (χ0v) is 41.2. The molecule has 0 spiro atoms. The van der Waals surface area contributed by atoms with Gasteiger partial charge < -0.3 is 19.1 Å². The zero-order valence-electron chi connectivity index (χ0n) is 41.2. The van der Waals surface area contributed by atoms with E-state index in [1.165, 1.54) is 81.5 Å². The Morgan fingerprint density at radius 3 is 1.90 bits per heavy atom. The second-order valence-electron chi connectivity index (χ2n) is 22.9. The number of fused-ring (bicyclic) bond motifs is 7. The van der Waals surface area contributed by atoms with Gasteiger partial charge in [0.05, 0.1) is 27.8 Å². The van der Waals surface area contributed by atoms with Crippen LogP contribution in [0.3, 0.4) is 0 Å². The molecule has 10 nitrogen and oxygen atoms in total. The maximum atomic E-state index is 13.4. The Balaban J connectivity index is 0.916. The van der Waals surface area contributed by atoms with Crippen molar-refractivity contribution in [2.45, 2.75) is 131 Å². The van der Waals surface area contributed by atoms with Crippen LogP contribution in [0.4, 0.5) is 0 Å². The standard InChI is InChI=1S/C59H66O10/c1-34(2)9-8-10-35(3)47-24-25-48-44-23-26-50-56(4,5)59(30-29-58(50,7)49(44)27-28-57(47,48)6,38-13-17-40(18-14-38)66-51(60)37-12-22-43-46(32-37)55(64)68-53(43)62)39-15-19-41(20-16-39)69-65-33-36-11-21-42-45(31-36)54(63)67-52(42)61/h11-22,31-32,34-35,44,47-50H,8-10,23-30,33H2,1-7H3. The van der Waals surface area contributed by atoms with Gasteiger partial charge >= 0.3 is 29.8 Å². The average Bonchev–Trinajstić information content (AvgIpc) is 3.93. The number of esters is 5. The molecule has 0 N–H and O–H groups in total. The largest absolute Gasteiger partial charge is 0.423 e. The molecule has 69 heavy (non-hydrogen) atoms. The highest BCUT2D eigenvalue weighted by atomic mass is 17.2. The lowest BCUT2D eigenvalue weighted by Crippen LogP contribution is -2.62. The fourth-order valence-electron chi connectivity index (χ4n) is 15.7. The Morgan fingerprint density at radius 2 is 1.23 bits per heavy atom. The number of hydrogen-bond donors (Lipinski definition) is 0.